The number of nitrogens with two attached hydrogens (primary N) is 1. The molecule has 0 spiro atoms. The van der Waals surface area contributed by atoms with E-state index in [4.69, 9.17) is 17.3 Å². The fraction of sp³-hybridized carbons (Fsp3) is 0.200. The van der Waals surface area contributed by atoms with Gasteiger partial charge in [-0.1, -0.05) is 35.9 Å². The van der Waals surface area contributed by atoms with Crippen molar-refractivity contribution in [1.82, 2.24) is 0 Å². The van der Waals surface area contributed by atoms with Crippen molar-refractivity contribution in [3.05, 3.63) is 94.0 Å². The highest BCUT2D eigenvalue weighted by atomic mass is 35.5. The highest BCUT2D eigenvalue weighted by Gasteiger charge is 2.30. The summed E-state index contributed by atoms with van der Waals surface area (Å²) in [6.07, 6.45) is 0.405. The molecule has 170 valence electrons. The minimum Gasteiger partial charge on any atom is -0.319 e. The number of aryl methyl sites for hydroxylation is 1. The van der Waals surface area contributed by atoms with E-state index in [2.05, 4.69) is 0 Å². The van der Waals surface area contributed by atoms with E-state index in [-0.39, 0.29) is 30.3 Å². The van der Waals surface area contributed by atoms with Crippen LogP contribution in [-0.4, -0.2) is 23.5 Å². The van der Waals surface area contributed by atoms with E-state index >= 15 is 0 Å². The molecule has 0 aromatic heterocycles. The summed E-state index contributed by atoms with van der Waals surface area (Å²) in [5.41, 5.74) is 8.04. The minimum absolute atomic E-state index is 0.0547. The molecule has 0 radical (unpaired) electrons. The molecule has 0 aliphatic carbocycles. The van der Waals surface area contributed by atoms with Crippen LogP contribution < -0.4 is 10.6 Å². The molecule has 0 saturated carbocycles. The van der Waals surface area contributed by atoms with Crippen molar-refractivity contribution in [2.24, 2.45) is 5.73 Å². The zero-order valence-electron chi connectivity index (χ0n) is 17.6. The molecule has 2 N–H and O–H groups in total. The molecule has 4 nitrogen and oxygen atoms in total. The van der Waals surface area contributed by atoms with Crippen LogP contribution in [0.4, 0.5) is 14.5 Å². The first-order chi connectivity index (χ1) is 15.8. The van der Waals surface area contributed by atoms with Gasteiger partial charge in [0.05, 0.1) is 23.8 Å². The van der Waals surface area contributed by atoms with Gasteiger partial charge in [-0.05, 0) is 53.9 Å². The van der Waals surface area contributed by atoms with Gasteiger partial charge in [0.1, 0.15) is 11.6 Å². The van der Waals surface area contributed by atoms with Crippen molar-refractivity contribution in [3.63, 3.8) is 0 Å². The number of thioether (sulfide) groups is 1. The fourth-order valence-electron chi connectivity index (χ4n) is 3.63. The summed E-state index contributed by atoms with van der Waals surface area (Å²) in [6, 6.07) is 14.9. The third kappa shape index (κ3) is 5.43. The van der Waals surface area contributed by atoms with Gasteiger partial charge in [-0.3, -0.25) is 9.59 Å². The van der Waals surface area contributed by atoms with Crippen molar-refractivity contribution in [2.45, 2.75) is 30.3 Å². The Labute approximate surface area is 199 Å². The third-order valence-corrected chi connectivity index (χ3v) is 6.87. The Balaban J connectivity index is 1.64. The number of ketones is 1. The second-order valence-electron chi connectivity index (χ2n) is 7.82. The van der Waals surface area contributed by atoms with Gasteiger partial charge >= 0.3 is 0 Å². The monoisotopic (exact) mass is 486 g/mol. The van der Waals surface area contributed by atoms with Crippen LogP contribution in [-0.2, 0) is 17.8 Å². The van der Waals surface area contributed by atoms with Gasteiger partial charge in [0.25, 0.3) is 0 Å². The van der Waals surface area contributed by atoms with Gasteiger partial charge in [-0.25, -0.2) is 8.78 Å². The Morgan fingerprint density at radius 3 is 2.42 bits per heavy atom. The molecule has 0 fully saturated rings. The van der Waals surface area contributed by atoms with E-state index in [0.29, 0.717) is 27.8 Å². The number of rotatable bonds is 6. The summed E-state index contributed by atoms with van der Waals surface area (Å²) >= 11 is 7.26. The lowest BCUT2D eigenvalue weighted by Gasteiger charge is -2.25. The lowest BCUT2D eigenvalue weighted by molar-refractivity contribution is -0.119. The number of halogens is 3. The number of anilines is 1. The van der Waals surface area contributed by atoms with Gasteiger partial charge in [0, 0.05) is 22.1 Å². The number of carbonyl (C=O) groups excluding carboxylic acids is 2. The topological polar surface area (TPSA) is 63.4 Å². The van der Waals surface area contributed by atoms with Crippen molar-refractivity contribution in [3.8, 4) is 0 Å². The molecule has 0 saturated heterocycles. The maximum absolute atomic E-state index is 14.9. The highest BCUT2D eigenvalue weighted by Crippen LogP contribution is 2.37. The van der Waals surface area contributed by atoms with E-state index in [0.717, 1.165) is 11.1 Å². The number of benzene rings is 3. The Morgan fingerprint density at radius 2 is 1.73 bits per heavy atom. The van der Waals surface area contributed by atoms with Gasteiger partial charge in [-0.15, -0.1) is 11.8 Å². The molecule has 0 unspecified atom stereocenters. The number of fused-ring (bicyclic) bond motifs is 1. The summed E-state index contributed by atoms with van der Waals surface area (Å²) in [4.78, 5) is 28.0. The van der Waals surface area contributed by atoms with Crippen LogP contribution in [0.2, 0.25) is 5.02 Å². The van der Waals surface area contributed by atoms with E-state index in [9.17, 15) is 18.4 Å². The van der Waals surface area contributed by atoms with Gasteiger partial charge in [0.2, 0.25) is 5.91 Å². The molecule has 33 heavy (non-hydrogen) atoms. The first kappa shape index (κ1) is 23.4. The fourth-order valence-corrected chi connectivity index (χ4v) is 4.76. The molecule has 4 rings (SSSR count). The molecule has 1 aliphatic rings. The quantitative estimate of drug-likeness (QED) is 0.474. The third-order valence-electron chi connectivity index (χ3n) is 5.45. The van der Waals surface area contributed by atoms with Crippen molar-refractivity contribution in [2.75, 3.05) is 10.7 Å². The predicted molar refractivity (Wildman–Crippen MR) is 127 cm³/mol. The summed E-state index contributed by atoms with van der Waals surface area (Å²) in [5, 5.41) is 0.574. The van der Waals surface area contributed by atoms with Crippen LogP contribution in [0.25, 0.3) is 0 Å². The molecule has 0 bridgehead atoms. The summed E-state index contributed by atoms with van der Waals surface area (Å²) in [6.45, 7) is 0.214. The largest absolute Gasteiger partial charge is 0.319 e. The molecular formula is C25H21ClF2N2O2S. The number of nitrogens with zero attached hydrogens (tertiary/aromatic N) is 1. The standard InChI is InChI=1S/C25H21ClF2N2O2S/c26-17-6-1-16(2-7-17)13-30-22-11-19(20(28)12-24(22)33-14-21(29)25(30)32)23(31)10-5-15-3-8-18(27)9-4-15/h1-4,6-9,11-12,21H,5,10,13-14,29H2/t21-/m0/s1. The smallest absolute Gasteiger partial charge is 0.245 e. The van der Waals surface area contributed by atoms with E-state index in [1.165, 1.54) is 40.9 Å². The second-order valence-corrected chi connectivity index (χ2v) is 9.32. The van der Waals surface area contributed by atoms with Crippen LogP contribution in [0.5, 0.6) is 0 Å². The second kappa shape index (κ2) is 10.0. The number of hydrogen-bond acceptors (Lipinski definition) is 4. The lowest BCUT2D eigenvalue weighted by atomic mass is 10.0. The molecule has 3 aromatic carbocycles. The van der Waals surface area contributed by atoms with Crippen LogP contribution in [0, 0.1) is 11.6 Å². The molecule has 1 heterocycles. The summed E-state index contributed by atoms with van der Waals surface area (Å²) < 4.78 is 28.0. The summed E-state index contributed by atoms with van der Waals surface area (Å²) in [7, 11) is 0. The molecule has 1 aliphatic heterocycles. The first-order valence-electron chi connectivity index (χ1n) is 10.4. The summed E-state index contributed by atoms with van der Waals surface area (Å²) in [5.74, 6) is -1.38. The Kier molecular flexibility index (Phi) is 7.12. The molecular weight excluding hydrogens is 466 g/mol. The van der Waals surface area contributed by atoms with E-state index < -0.39 is 17.6 Å². The van der Waals surface area contributed by atoms with Crippen molar-refractivity contribution in [1.29, 1.82) is 0 Å². The van der Waals surface area contributed by atoms with E-state index in [1.54, 1.807) is 36.4 Å². The number of carbonyl (C=O) groups is 2. The van der Waals surface area contributed by atoms with Crippen LogP contribution in [0.1, 0.15) is 27.9 Å². The molecule has 1 amide bonds. The minimum atomic E-state index is -0.754. The molecule has 3 aromatic rings. The van der Waals surface area contributed by atoms with Crippen LogP contribution >= 0.6 is 23.4 Å². The number of Topliss-reactive ketones (excluding diaryl/α,β-unsaturated/α-hetero) is 1. The van der Waals surface area contributed by atoms with Gasteiger partial charge < -0.3 is 10.6 Å². The van der Waals surface area contributed by atoms with Crippen LogP contribution in [0.15, 0.2) is 65.6 Å². The van der Waals surface area contributed by atoms with Gasteiger partial charge in [-0.2, -0.15) is 0 Å². The average molecular weight is 487 g/mol. The van der Waals surface area contributed by atoms with Crippen molar-refractivity contribution >= 4 is 40.7 Å². The molecule has 1 atom stereocenters. The highest BCUT2D eigenvalue weighted by molar-refractivity contribution is 7.99. The Bertz CT molecular complexity index is 1190. The first-order valence-corrected chi connectivity index (χ1v) is 11.7. The SMILES string of the molecule is N[C@H]1CSc2cc(F)c(C(=O)CCc3ccc(F)cc3)cc2N(Cc2ccc(Cl)cc2)C1=O. The average Bonchev–Trinajstić information content (AvgIpc) is 2.91. The normalized spacial score (nSPS) is 15.8. The maximum Gasteiger partial charge on any atom is 0.245 e. The van der Waals surface area contributed by atoms with Crippen LogP contribution in [0.3, 0.4) is 0 Å². The zero-order valence-corrected chi connectivity index (χ0v) is 19.1. The van der Waals surface area contributed by atoms with E-state index in [1.807, 2.05) is 0 Å². The number of amides is 1. The molecule has 8 heteroatoms. The van der Waals surface area contributed by atoms with Crippen molar-refractivity contribution < 1.29 is 18.4 Å². The lowest BCUT2D eigenvalue weighted by Crippen LogP contribution is -2.44. The van der Waals surface area contributed by atoms with Gasteiger partial charge in [0.15, 0.2) is 5.78 Å². The number of hydrogen-bond donors (Lipinski definition) is 1. The Morgan fingerprint density at radius 1 is 1.06 bits per heavy atom. The Hall–Kier alpha value is -2.74. The zero-order chi connectivity index (χ0) is 23.5. The predicted octanol–water partition coefficient (Wildman–Crippen LogP) is 5.40. The maximum atomic E-state index is 14.9.